The molecule has 0 saturated carbocycles. The van der Waals surface area contributed by atoms with Crippen LogP contribution in [0.15, 0.2) is 72.8 Å². The van der Waals surface area contributed by atoms with Crippen LogP contribution in [0.2, 0.25) is 0 Å². The van der Waals surface area contributed by atoms with Crippen LogP contribution in [0.5, 0.6) is 0 Å². The van der Waals surface area contributed by atoms with Crippen LogP contribution in [-0.2, 0) is 17.5 Å². The standard InChI is InChI=1S/C32H33F6NO2/c1-20(2)14-28(30(40)41)26-16-24(22-8-11-27(12-9-22)31(33,34)35)15-25(17-26)23-10-13-29(32(36,37)38)39(19-23)18-21-6-4-3-5-7-21/h3-9,11-12,15-17,20,23,28-29H,10,13-14,18-19H2,1-2H3,(H,40,41). The number of carbonyl (C=O) groups is 1. The molecule has 1 heterocycles. The Morgan fingerprint density at radius 1 is 0.902 bits per heavy atom. The fraction of sp³-hybridized carbons (Fsp3) is 0.406. The molecule has 0 bridgehead atoms. The lowest BCUT2D eigenvalue weighted by Gasteiger charge is -2.41. The van der Waals surface area contributed by atoms with Crippen molar-refractivity contribution < 1.29 is 36.2 Å². The zero-order valence-corrected chi connectivity index (χ0v) is 22.8. The predicted molar refractivity (Wildman–Crippen MR) is 145 cm³/mol. The maximum absolute atomic E-state index is 14.0. The van der Waals surface area contributed by atoms with E-state index in [2.05, 4.69) is 0 Å². The second-order valence-electron chi connectivity index (χ2n) is 11.2. The first-order chi connectivity index (χ1) is 19.2. The Hall–Kier alpha value is -3.33. The zero-order valence-electron chi connectivity index (χ0n) is 22.8. The summed E-state index contributed by atoms with van der Waals surface area (Å²) in [6.45, 7) is 4.02. The highest BCUT2D eigenvalue weighted by Crippen LogP contribution is 2.41. The minimum atomic E-state index is -4.50. The average Bonchev–Trinajstić information content (AvgIpc) is 2.91. The van der Waals surface area contributed by atoms with Crippen LogP contribution in [0.25, 0.3) is 11.1 Å². The Kier molecular flexibility index (Phi) is 9.16. The molecule has 3 aromatic rings. The maximum atomic E-state index is 14.0. The van der Waals surface area contributed by atoms with Crippen LogP contribution >= 0.6 is 0 Å². The van der Waals surface area contributed by atoms with E-state index in [-0.39, 0.29) is 37.8 Å². The summed E-state index contributed by atoms with van der Waals surface area (Å²) in [6.07, 6.45) is -8.44. The van der Waals surface area contributed by atoms with Gasteiger partial charge in [-0.25, -0.2) is 0 Å². The van der Waals surface area contributed by atoms with Gasteiger partial charge < -0.3 is 5.11 Å². The molecule has 3 unspecified atom stereocenters. The monoisotopic (exact) mass is 577 g/mol. The van der Waals surface area contributed by atoms with Crippen molar-refractivity contribution in [2.45, 2.75) is 69.9 Å². The summed E-state index contributed by atoms with van der Waals surface area (Å²) in [5, 5.41) is 10.0. The van der Waals surface area contributed by atoms with Crippen LogP contribution in [0.3, 0.4) is 0 Å². The van der Waals surface area contributed by atoms with E-state index in [1.807, 2.05) is 13.8 Å². The molecule has 41 heavy (non-hydrogen) atoms. The maximum Gasteiger partial charge on any atom is 0.416 e. The molecule has 0 radical (unpaired) electrons. The lowest BCUT2D eigenvalue weighted by molar-refractivity contribution is -0.194. The lowest BCUT2D eigenvalue weighted by atomic mass is 9.81. The molecule has 0 amide bonds. The van der Waals surface area contributed by atoms with Crippen molar-refractivity contribution in [3.63, 3.8) is 0 Å². The summed E-state index contributed by atoms with van der Waals surface area (Å²) in [4.78, 5) is 13.7. The van der Waals surface area contributed by atoms with E-state index in [1.165, 1.54) is 17.0 Å². The van der Waals surface area contributed by atoms with E-state index in [0.29, 0.717) is 28.7 Å². The molecule has 0 aliphatic carbocycles. The zero-order chi connectivity index (χ0) is 29.9. The van der Waals surface area contributed by atoms with Gasteiger partial charge in [0.2, 0.25) is 0 Å². The largest absolute Gasteiger partial charge is 0.481 e. The van der Waals surface area contributed by atoms with Crippen LogP contribution in [-0.4, -0.2) is 34.7 Å². The van der Waals surface area contributed by atoms with Crippen molar-refractivity contribution >= 4 is 5.97 Å². The second-order valence-corrected chi connectivity index (χ2v) is 11.2. The van der Waals surface area contributed by atoms with E-state index < -0.39 is 35.8 Å². The minimum Gasteiger partial charge on any atom is -0.481 e. The molecule has 4 rings (SSSR count). The van der Waals surface area contributed by atoms with Gasteiger partial charge in [0, 0.05) is 13.1 Å². The highest BCUT2D eigenvalue weighted by atomic mass is 19.4. The highest BCUT2D eigenvalue weighted by Gasteiger charge is 2.46. The third-order valence-corrected chi connectivity index (χ3v) is 7.69. The van der Waals surface area contributed by atoms with Crippen molar-refractivity contribution in [3.8, 4) is 11.1 Å². The predicted octanol–water partition coefficient (Wildman–Crippen LogP) is 8.90. The van der Waals surface area contributed by atoms with Crippen LogP contribution in [0.4, 0.5) is 26.3 Å². The molecule has 0 aromatic heterocycles. The number of hydrogen-bond acceptors (Lipinski definition) is 2. The summed E-state index contributed by atoms with van der Waals surface area (Å²) in [5.41, 5.74) is 2.14. The number of benzene rings is 3. The molecular formula is C32H33F6NO2. The smallest absolute Gasteiger partial charge is 0.416 e. The molecule has 1 aliphatic heterocycles. The van der Waals surface area contributed by atoms with Gasteiger partial charge in [-0.05, 0) is 71.0 Å². The van der Waals surface area contributed by atoms with Gasteiger partial charge in [0.25, 0.3) is 0 Å². The molecule has 1 aliphatic rings. The average molecular weight is 578 g/mol. The van der Waals surface area contributed by atoms with Gasteiger partial charge in [0.1, 0.15) is 6.04 Å². The lowest BCUT2D eigenvalue weighted by Crippen LogP contribution is -2.50. The quantitative estimate of drug-likeness (QED) is 0.272. The second kappa shape index (κ2) is 12.3. The number of rotatable bonds is 8. The highest BCUT2D eigenvalue weighted by molar-refractivity contribution is 5.78. The van der Waals surface area contributed by atoms with E-state index in [1.54, 1.807) is 48.5 Å². The van der Waals surface area contributed by atoms with Crippen LogP contribution < -0.4 is 0 Å². The fourth-order valence-corrected chi connectivity index (χ4v) is 5.66. The van der Waals surface area contributed by atoms with Crippen molar-refractivity contribution in [2.75, 3.05) is 6.54 Å². The molecule has 0 spiro atoms. The number of nitrogens with zero attached hydrogens (tertiary/aromatic N) is 1. The first-order valence-electron chi connectivity index (χ1n) is 13.6. The SMILES string of the molecule is CC(C)CC(C(=O)O)c1cc(-c2ccc(C(F)(F)F)cc2)cc(C2CCC(C(F)(F)F)N(Cc3ccccc3)C2)c1. The van der Waals surface area contributed by atoms with E-state index >= 15 is 0 Å². The number of carboxylic acid groups (broad SMARTS) is 1. The first kappa shape index (κ1) is 30.6. The molecule has 3 aromatic carbocycles. The number of carboxylic acids is 1. The normalized spacial score (nSPS) is 19.3. The first-order valence-corrected chi connectivity index (χ1v) is 13.6. The summed E-state index contributed by atoms with van der Waals surface area (Å²) in [5.74, 6) is -2.16. The Morgan fingerprint density at radius 2 is 1.56 bits per heavy atom. The van der Waals surface area contributed by atoms with Crippen LogP contribution in [0, 0.1) is 5.92 Å². The molecule has 1 saturated heterocycles. The van der Waals surface area contributed by atoms with Gasteiger partial charge in [-0.2, -0.15) is 26.3 Å². The molecule has 3 nitrogen and oxygen atoms in total. The van der Waals surface area contributed by atoms with Gasteiger partial charge >= 0.3 is 18.3 Å². The summed E-state index contributed by atoms with van der Waals surface area (Å²) < 4.78 is 81.6. The van der Waals surface area contributed by atoms with E-state index in [9.17, 15) is 36.2 Å². The Balaban J connectivity index is 1.75. The molecule has 220 valence electrons. The van der Waals surface area contributed by atoms with E-state index in [4.69, 9.17) is 0 Å². The topological polar surface area (TPSA) is 40.5 Å². The van der Waals surface area contributed by atoms with Gasteiger partial charge in [0.05, 0.1) is 11.5 Å². The molecule has 3 atom stereocenters. The van der Waals surface area contributed by atoms with Crippen molar-refractivity contribution in [3.05, 3.63) is 95.1 Å². The Labute approximate surface area is 235 Å². The van der Waals surface area contributed by atoms with Crippen molar-refractivity contribution in [1.29, 1.82) is 0 Å². The van der Waals surface area contributed by atoms with Gasteiger partial charge in [0.15, 0.2) is 0 Å². The number of alkyl halides is 6. The number of piperidine rings is 1. The Morgan fingerprint density at radius 3 is 2.12 bits per heavy atom. The van der Waals surface area contributed by atoms with Crippen LogP contribution in [0.1, 0.15) is 67.2 Å². The van der Waals surface area contributed by atoms with Crippen molar-refractivity contribution in [1.82, 2.24) is 4.90 Å². The third kappa shape index (κ3) is 7.70. The molecular weight excluding hydrogens is 544 g/mol. The number of aliphatic carboxylic acids is 1. The fourth-order valence-electron chi connectivity index (χ4n) is 5.66. The van der Waals surface area contributed by atoms with E-state index in [0.717, 1.165) is 17.7 Å². The number of likely N-dealkylation sites (tertiary alicyclic amines) is 1. The summed E-state index contributed by atoms with van der Waals surface area (Å²) >= 11 is 0. The van der Waals surface area contributed by atoms with Gasteiger partial charge in [-0.1, -0.05) is 74.5 Å². The van der Waals surface area contributed by atoms with Crippen molar-refractivity contribution in [2.24, 2.45) is 5.92 Å². The van der Waals surface area contributed by atoms with Gasteiger partial charge in [-0.3, -0.25) is 9.69 Å². The molecule has 9 heteroatoms. The summed E-state index contributed by atoms with van der Waals surface area (Å²) in [7, 11) is 0. The molecule has 1 N–H and O–H groups in total. The third-order valence-electron chi connectivity index (χ3n) is 7.69. The number of hydrogen-bond donors (Lipinski definition) is 1. The minimum absolute atomic E-state index is 0.0536. The number of halogens is 6. The Bertz CT molecular complexity index is 1320. The van der Waals surface area contributed by atoms with Gasteiger partial charge in [-0.15, -0.1) is 0 Å². The molecule has 1 fully saturated rings. The summed E-state index contributed by atoms with van der Waals surface area (Å²) in [6, 6.07) is 17.1.